The molecule has 0 saturated heterocycles. The van der Waals surface area contributed by atoms with Crippen LogP contribution in [-0.4, -0.2) is 18.6 Å². The van der Waals surface area contributed by atoms with Crippen LogP contribution < -0.4 is 10.2 Å². The summed E-state index contributed by atoms with van der Waals surface area (Å²) in [4.78, 5) is 6.21. The highest BCUT2D eigenvalue weighted by molar-refractivity contribution is 5.63. The number of aromatic nitrogens is 1. The van der Waals surface area contributed by atoms with Gasteiger partial charge in [-0.2, -0.15) is 0 Å². The molecule has 0 spiro atoms. The molecule has 1 N–H and O–H groups in total. The first kappa shape index (κ1) is 14.5. The van der Waals surface area contributed by atoms with Crippen molar-refractivity contribution in [3.05, 3.63) is 54.0 Å². The van der Waals surface area contributed by atoms with Gasteiger partial charge in [-0.1, -0.05) is 25.1 Å². The van der Waals surface area contributed by atoms with Crippen LogP contribution in [0.15, 0.2) is 42.6 Å². The second kappa shape index (κ2) is 6.48. The Balaban J connectivity index is 2.40. The highest BCUT2D eigenvalue weighted by Gasteiger charge is 2.16. The summed E-state index contributed by atoms with van der Waals surface area (Å²) in [6.07, 6.45) is 1.73. The zero-order chi connectivity index (χ0) is 14.5. The third-order valence-corrected chi connectivity index (χ3v) is 3.33. The van der Waals surface area contributed by atoms with Crippen molar-refractivity contribution in [2.24, 2.45) is 0 Å². The summed E-state index contributed by atoms with van der Waals surface area (Å²) < 4.78 is 13.9. The normalized spacial score (nSPS) is 12.2. The average molecular weight is 273 g/mol. The Kier molecular flexibility index (Phi) is 4.69. The fraction of sp³-hybridized carbons (Fsp3) is 0.312. The Morgan fingerprint density at radius 3 is 2.70 bits per heavy atom. The standard InChI is InChI=1S/C16H20FN3/c1-4-18-12(2)13-8-7-11-19-16(13)20(3)15-10-6-5-9-14(15)17/h5-12,18H,4H2,1-3H3. The third kappa shape index (κ3) is 2.96. The van der Waals surface area contributed by atoms with Gasteiger partial charge in [-0.3, -0.25) is 0 Å². The van der Waals surface area contributed by atoms with Crippen molar-refractivity contribution in [3.63, 3.8) is 0 Å². The molecule has 0 aliphatic rings. The molecule has 20 heavy (non-hydrogen) atoms. The molecule has 1 heterocycles. The van der Waals surface area contributed by atoms with Crippen molar-refractivity contribution < 1.29 is 4.39 Å². The second-order valence-corrected chi connectivity index (χ2v) is 4.71. The van der Waals surface area contributed by atoms with Crippen molar-refractivity contribution in [1.82, 2.24) is 10.3 Å². The van der Waals surface area contributed by atoms with E-state index >= 15 is 0 Å². The SMILES string of the molecule is CCNC(C)c1cccnc1N(C)c1ccccc1F. The zero-order valence-corrected chi connectivity index (χ0v) is 12.1. The number of nitrogens with one attached hydrogen (secondary N) is 1. The summed E-state index contributed by atoms with van der Waals surface area (Å²) in [5, 5.41) is 3.36. The maximum atomic E-state index is 13.9. The number of benzene rings is 1. The van der Waals surface area contributed by atoms with E-state index in [-0.39, 0.29) is 11.9 Å². The summed E-state index contributed by atoms with van der Waals surface area (Å²) in [6.45, 7) is 5.02. The minimum atomic E-state index is -0.247. The smallest absolute Gasteiger partial charge is 0.146 e. The minimum absolute atomic E-state index is 0.165. The first-order valence-electron chi connectivity index (χ1n) is 6.81. The predicted octanol–water partition coefficient (Wildman–Crippen LogP) is 3.66. The van der Waals surface area contributed by atoms with E-state index in [1.807, 2.05) is 25.2 Å². The molecule has 1 aromatic heterocycles. The number of hydrogen-bond acceptors (Lipinski definition) is 3. The molecule has 0 saturated carbocycles. The molecule has 1 atom stereocenters. The molecule has 106 valence electrons. The van der Waals surface area contributed by atoms with E-state index in [1.165, 1.54) is 6.07 Å². The van der Waals surface area contributed by atoms with Crippen LogP contribution in [-0.2, 0) is 0 Å². The van der Waals surface area contributed by atoms with Gasteiger partial charge >= 0.3 is 0 Å². The molecule has 0 aliphatic heterocycles. The summed E-state index contributed by atoms with van der Waals surface area (Å²) in [6, 6.07) is 10.8. The number of para-hydroxylation sites is 1. The van der Waals surface area contributed by atoms with Crippen LogP contribution in [0, 0.1) is 5.82 Å². The van der Waals surface area contributed by atoms with Gasteiger partial charge in [0.25, 0.3) is 0 Å². The lowest BCUT2D eigenvalue weighted by Gasteiger charge is -2.24. The lowest BCUT2D eigenvalue weighted by molar-refractivity contribution is 0.595. The lowest BCUT2D eigenvalue weighted by Crippen LogP contribution is -2.22. The summed E-state index contributed by atoms with van der Waals surface area (Å²) in [5.41, 5.74) is 1.58. The van der Waals surface area contributed by atoms with Crippen molar-refractivity contribution >= 4 is 11.5 Å². The number of pyridine rings is 1. The Bertz CT molecular complexity index is 571. The van der Waals surface area contributed by atoms with Gasteiger partial charge in [-0.05, 0) is 31.7 Å². The second-order valence-electron chi connectivity index (χ2n) is 4.71. The number of hydrogen-bond donors (Lipinski definition) is 1. The summed E-state index contributed by atoms with van der Waals surface area (Å²) >= 11 is 0. The molecule has 1 aromatic carbocycles. The van der Waals surface area contributed by atoms with Gasteiger partial charge in [0.1, 0.15) is 11.6 Å². The van der Waals surface area contributed by atoms with Crippen LogP contribution in [0.25, 0.3) is 0 Å². The molecule has 3 nitrogen and oxygen atoms in total. The van der Waals surface area contributed by atoms with E-state index in [0.29, 0.717) is 5.69 Å². The highest BCUT2D eigenvalue weighted by Crippen LogP contribution is 2.29. The molecule has 4 heteroatoms. The Morgan fingerprint density at radius 1 is 1.25 bits per heavy atom. The highest BCUT2D eigenvalue weighted by atomic mass is 19.1. The van der Waals surface area contributed by atoms with Crippen LogP contribution in [0.4, 0.5) is 15.9 Å². The van der Waals surface area contributed by atoms with Gasteiger partial charge in [0.15, 0.2) is 0 Å². The average Bonchev–Trinajstić information content (AvgIpc) is 2.47. The fourth-order valence-corrected chi connectivity index (χ4v) is 2.28. The summed E-state index contributed by atoms with van der Waals surface area (Å²) in [7, 11) is 1.84. The largest absolute Gasteiger partial charge is 0.327 e. The van der Waals surface area contributed by atoms with E-state index < -0.39 is 0 Å². The van der Waals surface area contributed by atoms with E-state index in [0.717, 1.165) is 17.9 Å². The van der Waals surface area contributed by atoms with Crippen molar-refractivity contribution in [2.45, 2.75) is 19.9 Å². The van der Waals surface area contributed by atoms with E-state index in [2.05, 4.69) is 24.1 Å². The zero-order valence-electron chi connectivity index (χ0n) is 12.1. The Morgan fingerprint density at radius 2 is 2.00 bits per heavy atom. The van der Waals surface area contributed by atoms with Gasteiger partial charge in [-0.25, -0.2) is 9.37 Å². The van der Waals surface area contributed by atoms with Crippen LogP contribution in [0.1, 0.15) is 25.5 Å². The van der Waals surface area contributed by atoms with Gasteiger partial charge in [0, 0.05) is 24.8 Å². The molecule has 0 bridgehead atoms. The van der Waals surface area contributed by atoms with Gasteiger partial charge in [-0.15, -0.1) is 0 Å². The van der Waals surface area contributed by atoms with Crippen LogP contribution in [0.3, 0.4) is 0 Å². The molecule has 2 aromatic rings. The lowest BCUT2D eigenvalue weighted by atomic mass is 10.1. The fourth-order valence-electron chi connectivity index (χ4n) is 2.28. The van der Waals surface area contributed by atoms with Gasteiger partial charge in [0.2, 0.25) is 0 Å². The van der Waals surface area contributed by atoms with E-state index in [4.69, 9.17) is 0 Å². The molecular formula is C16H20FN3. The maximum absolute atomic E-state index is 13.9. The molecule has 0 radical (unpaired) electrons. The first-order valence-corrected chi connectivity index (χ1v) is 6.81. The van der Waals surface area contributed by atoms with Crippen LogP contribution >= 0.6 is 0 Å². The topological polar surface area (TPSA) is 28.2 Å². The van der Waals surface area contributed by atoms with E-state index in [1.54, 1.807) is 23.2 Å². The van der Waals surface area contributed by atoms with Crippen LogP contribution in [0.2, 0.25) is 0 Å². The number of rotatable bonds is 5. The predicted molar refractivity (Wildman–Crippen MR) is 80.8 cm³/mol. The number of anilines is 2. The minimum Gasteiger partial charge on any atom is -0.327 e. The monoisotopic (exact) mass is 273 g/mol. The summed E-state index contributed by atoms with van der Waals surface area (Å²) in [5.74, 6) is 0.522. The quantitative estimate of drug-likeness (QED) is 0.901. The Hall–Kier alpha value is -1.94. The van der Waals surface area contributed by atoms with Crippen molar-refractivity contribution in [1.29, 1.82) is 0 Å². The molecule has 0 amide bonds. The van der Waals surface area contributed by atoms with Crippen molar-refractivity contribution in [2.75, 3.05) is 18.5 Å². The van der Waals surface area contributed by atoms with Crippen molar-refractivity contribution in [3.8, 4) is 0 Å². The maximum Gasteiger partial charge on any atom is 0.146 e. The number of nitrogens with zero attached hydrogens (tertiary/aromatic N) is 2. The molecular weight excluding hydrogens is 253 g/mol. The number of halogens is 1. The van der Waals surface area contributed by atoms with E-state index in [9.17, 15) is 4.39 Å². The molecule has 0 aliphatic carbocycles. The Labute approximate surface area is 119 Å². The molecule has 1 unspecified atom stereocenters. The first-order chi connectivity index (χ1) is 9.65. The molecule has 2 rings (SSSR count). The van der Waals surface area contributed by atoms with Gasteiger partial charge in [0.05, 0.1) is 5.69 Å². The third-order valence-electron chi connectivity index (χ3n) is 3.33. The van der Waals surface area contributed by atoms with Gasteiger partial charge < -0.3 is 10.2 Å². The molecule has 0 fully saturated rings. The van der Waals surface area contributed by atoms with Crippen LogP contribution in [0.5, 0.6) is 0 Å².